The first-order valence-electron chi connectivity index (χ1n) is 8.28. The Kier molecular flexibility index (Phi) is 5.34. The number of azo groups is 1. The standard InChI is InChI=1S/C19H13BrClN5OS/c1-11-17(24-23-15-4-2-3-14(21)9-15)18(27)26(25-11)19-22-16(10-28-19)12-5-7-13(20)8-6-12/h2-10,17H,1H3/t17-/m0/s1. The number of benzene rings is 2. The summed E-state index contributed by atoms with van der Waals surface area (Å²) in [7, 11) is 0. The first kappa shape index (κ1) is 18.9. The van der Waals surface area contributed by atoms with Gasteiger partial charge >= 0.3 is 0 Å². The number of halogens is 2. The van der Waals surface area contributed by atoms with Crippen molar-refractivity contribution in [3.8, 4) is 11.3 Å². The second-order valence-corrected chi connectivity index (χ2v) is 8.20. The van der Waals surface area contributed by atoms with Gasteiger partial charge in [0.15, 0.2) is 6.04 Å². The lowest BCUT2D eigenvalue weighted by Gasteiger charge is -2.08. The van der Waals surface area contributed by atoms with E-state index in [1.54, 1.807) is 31.2 Å². The van der Waals surface area contributed by atoms with Crippen molar-refractivity contribution in [3.05, 3.63) is 63.4 Å². The molecule has 140 valence electrons. The van der Waals surface area contributed by atoms with Gasteiger partial charge in [0.1, 0.15) is 0 Å². The lowest BCUT2D eigenvalue weighted by molar-refractivity contribution is -0.117. The van der Waals surface area contributed by atoms with E-state index >= 15 is 0 Å². The molecule has 0 saturated carbocycles. The molecular formula is C19H13BrClN5OS. The van der Waals surface area contributed by atoms with Crippen LogP contribution in [0.15, 0.2) is 73.7 Å². The average molecular weight is 475 g/mol. The summed E-state index contributed by atoms with van der Waals surface area (Å²) < 4.78 is 0.995. The van der Waals surface area contributed by atoms with E-state index in [1.165, 1.54) is 16.3 Å². The number of carbonyl (C=O) groups excluding carboxylic acids is 1. The van der Waals surface area contributed by atoms with Gasteiger partial charge in [-0.15, -0.1) is 11.3 Å². The molecule has 0 spiro atoms. The van der Waals surface area contributed by atoms with Crippen molar-refractivity contribution in [1.29, 1.82) is 0 Å². The van der Waals surface area contributed by atoms with Crippen molar-refractivity contribution >= 4 is 61.3 Å². The molecule has 1 amide bonds. The summed E-state index contributed by atoms with van der Waals surface area (Å²) >= 11 is 10.7. The molecule has 1 atom stereocenters. The van der Waals surface area contributed by atoms with Crippen LogP contribution in [-0.4, -0.2) is 22.6 Å². The summed E-state index contributed by atoms with van der Waals surface area (Å²) in [6.45, 7) is 1.75. The molecule has 2 heterocycles. The summed E-state index contributed by atoms with van der Waals surface area (Å²) in [6.07, 6.45) is 0. The molecule has 0 fully saturated rings. The van der Waals surface area contributed by atoms with E-state index in [9.17, 15) is 4.79 Å². The number of amides is 1. The second-order valence-electron chi connectivity index (χ2n) is 6.01. The summed E-state index contributed by atoms with van der Waals surface area (Å²) in [5.74, 6) is -0.278. The SMILES string of the molecule is CC1=NN(c2nc(-c3ccc(Br)cc3)cs2)C(=O)[C@H]1N=Nc1cccc(Cl)c1. The fourth-order valence-electron chi connectivity index (χ4n) is 2.60. The second kappa shape index (κ2) is 7.90. The highest BCUT2D eigenvalue weighted by Gasteiger charge is 2.36. The minimum Gasteiger partial charge on any atom is -0.269 e. The van der Waals surface area contributed by atoms with Crippen LogP contribution in [0.1, 0.15) is 6.92 Å². The van der Waals surface area contributed by atoms with Crippen molar-refractivity contribution in [1.82, 2.24) is 4.98 Å². The number of hydrazone groups is 1. The minimum absolute atomic E-state index is 0.278. The Labute approximate surface area is 178 Å². The maximum absolute atomic E-state index is 12.8. The van der Waals surface area contributed by atoms with E-state index in [1.807, 2.05) is 29.6 Å². The van der Waals surface area contributed by atoms with Gasteiger partial charge in [0.05, 0.1) is 17.1 Å². The summed E-state index contributed by atoms with van der Waals surface area (Å²) in [4.78, 5) is 17.3. The Morgan fingerprint density at radius 1 is 1.21 bits per heavy atom. The number of rotatable bonds is 4. The van der Waals surface area contributed by atoms with Crippen LogP contribution in [0.25, 0.3) is 11.3 Å². The quantitative estimate of drug-likeness (QED) is 0.429. The van der Waals surface area contributed by atoms with Crippen LogP contribution in [0, 0.1) is 0 Å². The van der Waals surface area contributed by atoms with E-state index < -0.39 is 6.04 Å². The molecule has 0 aliphatic carbocycles. The molecule has 0 radical (unpaired) electrons. The molecule has 1 aliphatic rings. The molecule has 0 bridgehead atoms. The molecule has 6 nitrogen and oxygen atoms in total. The van der Waals surface area contributed by atoms with Gasteiger partial charge in [-0.05, 0) is 37.3 Å². The Morgan fingerprint density at radius 3 is 2.75 bits per heavy atom. The smallest absolute Gasteiger partial charge is 0.269 e. The van der Waals surface area contributed by atoms with E-state index in [0.29, 0.717) is 21.6 Å². The number of carbonyl (C=O) groups is 1. The Hall–Kier alpha value is -2.42. The van der Waals surface area contributed by atoms with Crippen LogP contribution in [-0.2, 0) is 4.79 Å². The number of thiazole rings is 1. The fraction of sp³-hybridized carbons (Fsp3) is 0.105. The maximum Gasteiger partial charge on any atom is 0.282 e. The molecule has 2 aromatic carbocycles. The predicted molar refractivity (Wildman–Crippen MR) is 116 cm³/mol. The molecule has 28 heavy (non-hydrogen) atoms. The lowest BCUT2D eigenvalue weighted by atomic mass is 10.2. The lowest BCUT2D eigenvalue weighted by Crippen LogP contribution is -2.29. The van der Waals surface area contributed by atoms with Crippen LogP contribution < -0.4 is 5.01 Å². The third-order valence-electron chi connectivity index (χ3n) is 4.01. The number of anilines is 1. The predicted octanol–water partition coefficient (Wildman–Crippen LogP) is 6.10. The van der Waals surface area contributed by atoms with Gasteiger partial charge in [-0.25, -0.2) is 4.98 Å². The Morgan fingerprint density at radius 2 is 2.00 bits per heavy atom. The van der Waals surface area contributed by atoms with Crippen molar-refractivity contribution in [2.45, 2.75) is 13.0 Å². The maximum atomic E-state index is 12.8. The van der Waals surface area contributed by atoms with Gasteiger partial charge in [-0.3, -0.25) is 4.79 Å². The Balaban J connectivity index is 1.54. The van der Waals surface area contributed by atoms with Crippen molar-refractivity contribution in [3.63, 3.8) is 0 Å². The molecule has 3 aromatic rings. The van der Waals surface area contributed by atoms with Gasteiger partial charge in [0.2, 0.25) is 5.13 Å². The van der Waals surface area contributed by atoms with Crippen molar-refractivity contribution < 1.29 is 4.79 Å². The zero-order valence-corrected chi connectivity index (χ0v) is 17.7. The molecule has 1 aromatic heterocycles. The van der Waals surface area contributed by atoms with Crippen molar-refractivity contribution in [2.75, 3.05) is 5.01 Å². The van der Waals surface area contributed by atoms with Crippen LogP contribution in [0.3, 0.4) is 0 Å². The fourth-order valence-corrected chi connectivity index (χ4v) is 3.84. The van der Waals surface area contributed by atoms with E-state index in [2.05, 4.69) is 36.2 Å². The molecule has 1 aliphatic heterocycles. The molecule has 0 N–H and O–H groups in total. The third-order valence-corrected chi connectivity index (χ3v) is 5.59. The number of hydrogen-bond donors (Lipinski definition) is 0. The highest BCUT2D eigenvalue weighted by Crippen LogP contribution is 2.31. The normalized spacial score (nSPS) is 16.8. The number of nitrogens with zero attached hydrogens (tertiary/aromatic N) is 5. The van der Waals surface area contributed by atoms with Gasteiger partial charge in [0, 0.05) is 20.4 Å². The summed E-state index contributed by atoms with van der Waals surface area (Å²) in [6, 6.07) is 14.0. The minimum atomic E-state index is -0.765. The van der Waals surface area contributed by atoms with Gasteiger partial charge in [0.25, 0.3) is 5.91 Å². The van der Waals surface area contributed by atoms with E-state index in [-0.39, 0.29) is 5.91 Å². The average Bonchev–Trinajstić information content (AvgIpc) is 3.26. The van der Waals surface area contributed by atoms with E-state index in [4.69, 9.17) is 11.6 Å². The molecular weight excluding hydrogens is 462 g/mol. The third kappa shape index (κ3) is 3.89. The van der Waals surface area contributed by atoms with Crippen LogP contribution >= 0.6 is 38.9 Å². The molecule has 0 saturated heterocycles. The topological polar surface area (TPSA) is 70.3 Å². The van der Waals surface area contributed by atoms with Gasteiger partial charge in [-0.1, -0.05) is 45.7 Å². The van der Waals surface area contributed by atoms with E-state index in [0.717, 1.165) is 15.7 Å². The van der Waals surface area contributed by atoms with Crippen molar-refractivity contribution in [2.24, 2.45) is 15.3 Å². The zero-order valence-electron chi connectivity index (χ0n) is 14.6. The number of hydrogen-bond acceptors (Lipinski definition) is 6. The first-order chi connectivity index (χ1) is 13.5. The Bertz CT molecular complexity index is 1100. The summed E-state index contributed by atoms with van der Waals surface area (Å²) in [5, 5.41) is 16.9. The molecule has 9 heteroatoms. The highest BCUT2D eigenvalue weighted by molar-refractivity contribution is 9.10. The first-order valence-corrected chi connectivity index (χ1v) is 10.3. The largest absolute Gasteiger partial charge is 0.282 e. The summed E-state index contributed by atoms with van der Waals surface area (Å²) in [5.41, 5.74) is 2.90. The van der Waals surface area contributed by atoms with Gasteiger partial charge < -0.3 is 0 Å². The zero-order chi connectivity index (χ0) is 19.7. The molecule has 0 unspecified atom stereocenters. The van der Waals surface area contributed by atoms with Crippen LogP contribution in [0.5, 0.6) is 0 Å². The van der Waals surface area contributed by atoms with Crippen LogP contribution in [0.4, 0.5) is 10.8 Å². The molecule has 4 rings (SSSR count). The van der Waals surface area contributed by atoms with Crippen LogP contribution in [0.2, 0.25) is 5.02 Å². The van der Waals surface area contributed by atoms with Gasteiger partial charge in [-0.2, -0.15) is 20.3 Å². The number of aromatic nitrogens is 1. The highest BCUT2D eigenvalue weighted by atomic mass is 79.9. The monoisotopic (exact) mass is 473 g/mol.